The Kier molecular flexibility index (Phi) is 1.61. The molecule has 0 fully saturated rings. The van der Waals surface area contributed by atoms with Gasteiger partial charge in [0.05, 0.1) is 0 Å². The van der Waals surface area contributed by atoms with E-state index in [4.69, 9.17) is 21.8 Å². The van der Waals surface area contributed by atoms with E-state index in [-0.39, 0.29) is 11.1 Å². The molecule has 0 saturated heterocycles. The molecule has 2 aromatic heterocycles. The topological polar surface area (TPSA) is 64.9 Å². The molecule has 0 unspecified atom stereocenters. The van der Waals surface area contributed by atoms with Crippen molar-refractivity contribution in [1.82, 2.24) is 9.97 Å². The summed E-state index contributed by atoms with van der Waals surface area (Å²) in [4.78, 5) is 7.94. The molecule has 4 nitrogen and oxygen atoms in total. The number of benzene rings is 1. The Bertz CT molecular complexity index is 662. The number of hydrogen-bond acceptors (Lipinski definition) is 4. The van der Waals surface area contributed by atoms with Crippen molar-refractivity contribution in [2.45, 2.75) is 0 Å². The highest BCUT2D eigenvalue weighted by molar-refractivity contribution is 6.29. The van der Waals surface area contributed by atoms with Crippen LogP contribution in [0.25, 0.3) is 22.1 Å². The van der Waals surface area contributed by atoms with E-state index in [9.17, 15) is 0 Å². The van der Waals surface area contributed by atoms with Crippen molar-refractivity contribution in [3.8, 4) is 0 Å². The third-order valence-corrected chi connectivity index (χ3v) is 2.39. The number of para-hydroxylation sites is 1. The fraction of sp³-hybridized carbons (Fsp3) is 0. The average molecular weight is 220 g/mol. The molecule has 3 aromatic rings. The van der Waals surface area contributed by atoms with E-state index in [1.54, 1.807) is 0 Å². The van der Waals surface area contributed by atoms with Crippen molar-refractivity contribution >= 4 is 39.5 Å². The molecular weight excluding hydrogens is 214 g/mol. The minimum absolute atomic E-state index is 0.131. The quantitative estimate of drug-likeness (QED) is 0.591. The summed E-state index contributed by atoms with van der Waals surface area (Å²) in [6, 6.07) is 7.55. The minimum atomic E-state index is 0.131. The lowest BCUT2D eigenvalue weighted by Crippen LogP contribution is -1.92. The van der Waals surface area contributed by atoms with Gasteiger partial charge in [-0.2, -0.15) is 4.98 Å². The third-order valence-electron chi connectivity index (χ3n) is 2.22. The minimum Gasteiger partial charge on any atom is -0.450 e. The molecule has 0 amide bonds. The number of aromatic nitrogens is 2. The second kappa shape index (κ2) is 2.84. The lowest BCUT2D eigenvalue weighted by Gasteiger charge is -1.93. The zero-order valence-corrected chi connectivity index (χ0v) is 8.32. The number of rotatable bonds is 0. The molecule has 0 spiro atoms. The van der Waals surface area contributed by atoms with Gasteiger partial charge in [0.15, 0.2) is 11.4 Å². The maximum absolute atomic E-state index is 5.74. The zero-order chi connectivity index (χ0) is 10.4. The molecule has 0 atom stereocenters. The summed E-state index contributed by atoms with van der Waals surface area (Å²) in [5.74, 6) is 0.265. The standard InChI is InChI=1S/C10H6ClN3O/c11-10-13-7-5-3-1-2-4-6(5)15-8(7)9(12)14-10/h1-4H,(H2,12,13,14). The Morgan fingerprint density at radius 3 is 2.87 bits per heavy atom. The van der Waals surface area contributed by atoms with Crippen molar-refractivity contribution in [1.29, 1.82) is 0 Å². The molecule has 0 bridgehead atoms. The van der Waals surface area contributed by atoms with E-state index in [0.29, 0.717) is 11.1 Å². The third kappa shape index (κ3) is 1.15. The van der Waals surface area contributed by atoms with Crippen LogP contribution in [0, 0.1) is 0 Å². The molecule has 74 valence electrons. The van der Waals surface area contributed by atoms with Crippen molar-refractivity contribution in [3.63, 3.8) is 0 Å². The van der Waals surface area contributed by atoms with Gasteiger partial charge in [-0.05, 0) is 23.7 Å². The van der Waals surface area contributed by atoms with Crippen molar-refractivity contribution in [2.75, 3.05) is 5.73 Å². The van der Waals surface area contributed by atoms with E-state index in [1.165, 1.54) is 0 Å². The second-order valence-electron chi connectivity index (χ2n) is 3.15. The van der Waals surface area contributed by atoms with Crippen LogP contribution in [-0.4, -0.2) is 9.97 Å². The van der Waals surface area contributed by atoms with E-state index in [0.717, 1.165) is 11.0 Å². The SMILES string of the molecule is Nc1nc(Cl)nc2c1oc1ccccc12. The van der Waals surface area contributed by atoms with Gasteiger partial charge in [0.1, 0.15) is 11.1 Å². The van der Waals surface area contributed by atoms with Crippen LogP contribution in [0.2, 0.25) is 5.28 Å². The number of anilines is 1. The van der Waals surface area contributed by atoms with Gasteiger partial charge in [0.2, 0.25) is 5.28 Å². The second-order valence-corrected chi connectivity index (χ2v) is 3.49. The van der Waals surface area contributed by atoms with Crippen LogP contribution >= 0.6 is 11.6 Å². The fourth-order valence-electron chi connectivity index (χ4n) is 1.58. The van der Waals surface area contributed by atoms with Crippen molar-refractivity contribution in [3.05, 3.63) is 29.5 Å². The number of halogens is 1. The van der Waals surface area contributed by atoms with E-state index in [2.05, 4.69) is 9.97 Å². The summed E-state index contributed by atoms with van der Waals surface area (Å²) < 4.78 is 5.53. The van der Waals surface area contributed by atoms with Crippen molar-refractivity contribution in [2.24, 2.45) is 0 Å². The van der Waals surface area contributed by atoms with E-state index < -0.39 is 0 Å². The average Bonchev–Trinajstić information content (AvgIpc) is 2.57. The van der Waals surface area contributed by atoms with Gasteiger partial charge in [-0.15, -0.1) is 0 Å². The smallest absolute Gasteiger partial charge is 0.225 e. The van der Waals surface area contributed by atoms with E-state index in [1.807, 2.05) is 24.3 Å². The highest BCUT2D eigenvalue weighted by Crippen LogP contribution is 2.30. The molecule has 3 rings (SSSR count). The predicted octanol–water partition coefficient (Wildman–Crippen LogP) is 2.61. The summed E-state index contributed by atoms with van der Waals surface area (Å²) in [7, 11) is 0. The van der Waals surface area contributed by atoms with Gasteiger partial charge in [0, 0.05) is 5.39 Å². The molecule has 5 heteroatoms. The molecule has 0 saturated carbocycles. The molecule has 1 aromatic carbocycles. The molecular formula is C10H6ClN3O. The highest BCUT2D eigenvalue weighted by Gasteiger charge is 2.12. The molecule has 0 aliphatic rings. The zero-order valence-electron chi connectivity index (χ0n) is 7.57. The Morgan fingerprint density at radius 2 is 2.00 bits per heavy atom. The first-order valence-electron chi connectivity index (χ1n) is 4.36. The molecule has 0 radical (unpaired) electrons. The Labute approximate surface area is 89.7 Å². The first-order valence-corrected chi connectivity index (χ1v) is 4.74. The Hall–Kier alpha value is -1.81. The molecule has 15 heavy (non-hydrogen) atoms. The molecule has 0 aliphatic heterocycles. The number of furan rings is 1. The normalized spacial score (nSPS) is 11.3. The number of nitrogens with two attached hydrogens (primary N) is 1. The predicted molar refractivity (Wildman–Crippen MR) is 58.7 cm³/mol. The maximum Gasteiger partial charge on any atom is 0.225 e. The number of nitrogen functional groups attached to an aromatic ring is 1. The summed E-state index contributed by atoms with van der Waals surface area (Å²) in [5, 5.41) is 1.02. The van der Waals surface area contributed by atoms with Crippen LogP contribution in [0.15, 0.2) is 28.7 Å². The highest BCUT2D eigenvalue weighted by atomic mass is 35.5. The van der Waals surface area contributed by atoms with Crippen LogP contribution in [-0.2, 0) is 0 Å². The van der Waals surface area contributed by atoms with Gasteiger partial charge in [0.25, 0.3) is 0 Å². The number of hydrogen-bond donors (Lipinski definition) is 1. The lowest BCUT2D eigenvalue weighted by molar-refractivity contribution is 0.667. The van der Waals surface area contributed by atoms with Crippen LogP contribution in [0.3, 0.4) is 0 Å². The lowest BCUT2D eigenvalue weighted by atomic mass is 10.2. The largest absolute Gasteiger partial charge is 0.450 e. The van der Waals surface area contributed by atoms with E-state index >= 15 is 0 Å². The molecule has 0 aliphatic carbocycles. The van der Waals surface area contributed by atoms with Gasteiger partial charge in [-0.1, -0.05) is 12.1 Å². The van der Waals surface area contributed by atoms with Crippen molar-refractivity contribution < 1.29 is 4.42 Å². The Morgan fingerprint density at radius 1 is 1.20 bits per heavy atom. The van der Waals surface area contributed by atoms with Crippen LogP contribution in [0.1, 0.15) is 0 Å². The fourth-order valence-corrected chi connectivity index (χ4v) is 1.76. The first kappa shape index (κ1) is 8.49. The molecule has 2 N–H and O–H groups in total. The monoisotopic (exact) mass is 219 g/mol. The summed E-state index contributed by atoms with van der Waals surface area (Å²) in [6.07, 6.45) is 0. The Balaban J connectivity index is 2.61. The van der Waals surface area contributed by atoms with Crippen LogP contribution in [0.4, 0.5) is 5.82 Å². The number of nitrogens with zero attached hydrogens (tertiary/aromatic N) is 2. The summed E-state index contributed by atoms with van der Waals surface area (Å²) in [6.45, 7) is 0. The van der Waals surface area contributed by atoms with Crippen LogP contribution < -0.4 is 5.73 Å². The maximum atomic E-state index is 5.74. The van der Waals surface area contributed by atoms with Gasteiger partial charge in [-0.3, -0.25) is 0 Å². The van der Waals surface area contributed by atoms with Gasteiger partial charge >= 0.3 is 0 Å². The summed E-state index contributed by atoms with van der Waals surface area (Å²) >= 11 is 5.74. The van der Waals surface area contributed by atoms with Gasteiger partial charge in [-0.25, -0.2) is 4.98 Å². The number of fused-ring (bicyclic) bond motifs is 3. The summed E-state index contributed by atoms with van der Waals surface area (Å²) in [5.41, 5.74) is 7.57. The van der Waals surface area contributed by atoms with Gasteiger partial charge < -0.3 is 10.2 Å². The van der Waals surface area contributed by atoms with Crippen LogP contribution in [0.5, 0.6) is 0 Å². The first-order chi connectivity index (χ1) is 7.25. The molecule has 2 heterocycles.